The average molecular weight is 450 g/mol. The topological polar surface area (TPSA) is 22.3 Å². The summed E-state index contributed by atoms with van der Waals surface area (Å²) in [5, 5.41) is 0. The van der Waals surface area contributed by atoms with E-state index in [4.69, 9.17) is 9.47 Å². The highest BCUT2D eigenvalue weighted by Crippen LogP contribution is 2.28. The molecule has 6 heteroatoms. The van der Waals surface area contributed by atoms with E-state index < -0.39 is 12.7 Å². The van der Waals surface area contributed by atoms with Crippen LogP contribution in [0.25, 0.3) is 24.3 Å². The van der Waals surface area contributed by atoms with Crippen LogP contribution in [-0.4, -0.2) is 19.4 Å². The van der Waals surface area contributed by atoms with E-state index in [0.29, 0.717) is 24.6 Å². The van der Waals surface area contributed by atoms with Gasteiger partial charge in [0, 0.05) is 37.1 Å². The molecule has 2 aliphatic rings. The van der Waals surface area contributed by atoms with Gasteiger partial charge in [-0.3, -0.25) is 0 Å². The Morgan fingerprint density at radius 2 is 1.24 bits per heavy atom. The first kappa shape index (κ1) is 21.3. The molecule has 168 valence electrons. The van der Waals surface area contributed by atoms with Crippen molar-refractivity contribution in [1.82, 2.24) is 0 Å². The first-order valence-electron chi connectivity index (χ1n) is 10.9. The van der Waals surface area contributed by atoms with Crippen molar-refractivity contribution in [2.24, 2.45) is 0 Å². The molecule has 0 N–H and O–H groups in total. The number of aromatic nitrogens is 1. The molecule has 3 aromatic rings. The summed E-state index contributed by atoms with van der Waals surface area (Å²) in [6.45, 7) is 0.267. The van der Waals surface area contributed by atoms with E-state index >= 15 is 0 Å². The fourth-order valence-electron chi connectivity index (χ4n) is 4.21. The van der Waals surface area contributed by atoms with Gasteiger partial charge in [0.15, 0.2) is 0 Å². The SMILES string of the molecule is FC(F)(F)C[n+]1c(/C=C/c2ccc3c(c2)CCO3)cccc1/C=C/c1ccc2c(c1)CCO2. The van der Waals surface area contributed by atoms with Gasteiger partial charge in [-0.1, -0.05) is 12.1 Å². The summed E-state index contributed by atoms with van der Waals surface area (Å²) >= 11 is 0. The zero-order chi connectivity index (χ0) is 22.8. The maximum absolute atomic E-state index is 13.4. The van der Waals surface area contributed by atoms with E-state index in [-0.39, 0.29) is 0 Å². The van der Waals surface area contributed by atoms with Crippen molar-refractivity contribution in [3.8, 4) is 11.5 Å². The molecule has 0 unspecified atom stereocenters. The van der Waals surface area contributed by atoms with Crippen LogP contribution in [0, 0.1) is 0 Å². The second kappa shape index (κ2) is 8.77. The average Bonchev–Trinajstić information content (AvgIpc) is 3.44. The standard InChI is InChI=1S/C27H23F3NO2/c28-27(29,30)18-31-23(8-4-19-6-10-25-21(16-19)12-14-32-25)2-1-3-24(31)9-5-20-7-11-26-22(17-20)13-15-33-26/h1-11,16-17H,12-15,18H2/q+1/b8-4+,9-5+. The summed E-state index contributed by atoms with van der Waals surface area (Å²) in [5.74, 6) is 1.76. The van der Waals surface area contributed by atoms with Crippen LogP contribution in [0.5, 0.6) is 11.5 Å². The molecule has 0 bridgehead atoms. The molecule has 2 aromatic carbocycles. The Labute approximate surface area is 190 Å². The second-order valence-corrected chi connectivity index (χ2v) is 8.17. The lowest BCUT2D eigenvalue weighted by atomic mass is 10.1. The van der Waals surface area contributed by atoms with Crippen LogP contribution in [-0.2, 0) is 19.4 Å². The molecule has 33 heavy (non-hydrogen) atoms. The Bertz CT molecular complexity index is 1160. The van der Waals surface area contributed by atoms with Crippen LogP contribution in [0.3, 0.4) is 0 Å². The molecular weight excluding hydrogens is 427 g/mol. The monoisotopic (exact) mass is 450 g/mol. The van der Waals surface area contributed by atoms with Crippen molar-refractivity contribution in [2.75, 3.05) is 13.2 Å². The molecule has 0 fully saturated rings. The number of fused-ring (bicyclic) bond motifs is 2. The largest absolute Gasteiger partial charge is 0.493 e. The molecule has 0 amide bonds. The Balaban J connectivity index is 1.46. The number of halogens is 3. The molecule has 0 atom stereocenters. The molecule has 3 nitrogen and oxygen atoms in total. The van der Waals surface area contributed by atoms with Crippen LogP contribution in [0.2, 0.25) is 0 Å². The third-order valence-electron chi connectivity index (χ3n) is 5.81. The molecule has 0 radical (unpaired) electrons. The van der Waals surface area contributed by atoms with Gasteiger partial charge in [-0.15, -0.1) is 0 Å². The zero-order valence-corrected chi connectivity index (χ0v) is 17.9. The molecule has 5 rings (SSSR count). The van der Waals surface area contributed by atoms with Gasteiger partial charge < -0.3 is 9.47 Å². The fourth-order valence-corrected chi connectivity index (χ4v) is 4.21. The summed E-state index contributed by atoms with van der Waals surface area (Å²) in [7, 11) is 0. The van der Waals surface area contributed by atoms with E-state index in [0.717, 1.165) is 46.6 Å². The third-order valence-corrected chi connectivity index (χ3v) is 5.81. The van der Waals surface area contributed by atoms with Gasteiger partial charge in [0.25, 0.3) is 0 Å². The van der Waals surface area contributed by atoms with Crippen LogP contribution in [0.4, 0.5) is 13.2 Å². The van der Waals surface area contributed by atoms with Crippen molar-refractivity contribution in [2.45, 2.75) is 25.6 Å². The molecule has 2 aliphatic heterocycles. The number of rotatable bonds is 5. The van der Waals surface area contributed by atoms with Crippen LogP contribution in [0.1, 0.15) is 33.6 Å². The highest BCUT2D eigenvalue weighted by atomic mass is 19.4. The number of ether oxygens (including phenoxy) is 2. The minimum Gasteiger partial charge on any atom is -0.493 e. The minimum atomic E-state index is -4.34. The van der Waals surface area contributed by atoms with Gasteiger partial charge in [0.1, 0.15) is 11.5 Å². The lowest BCUT2D eigenvalue weighted by Gasteiger charge is -2.08. The normalized spacial score (nSPS) is 15.0. The maximum Gasteiger partial charge on any atom is 0.448 e. The van der Waals surface area contributed by atoms with Gasteiger partial charge in [-0.25, -0.2) is 0 Å². The Hall–Kier alpha value is -3.54. The summed E-state index contributed by atoms with van der Waals surface area (Å²) in [6, 6.07) is 16.9. The summed E-state index contributed by atoms with van der Waals surface area (Å²) < 4.78 is 52.6. The molecule has 0 spiro atoms. The van der Waals surface area contributed by atoms with Gasteiger partial charge in [0.2, 0.25) is 17.9 Å². The highest BCUT2D eigenvalue weighted by molar-refractivity contribution is 5.70. The first-order chi connectivity index (χ1) is 15.9. The van der Waals surface area contributed by atoms with Crippen molar-refractivity contribution in [3.63, 3.8) is 0 Å². The van der Waals surface area contributed by atoms with Gasteiger partial charge in [0.05, 0.1) is 13.2 Å². The molecule has 0 aliphatic carbocycles. The fraction of sp³-hybridized carbons (Fsp3) is 0.222. The van der Waals surface area contributed by atoms with E-state index in [2.05, 4.69) is 0 Å². The number of hydrogen-bond donors (Lipinski definition) is 0. The Morgan fingerprint density at radius 3 is 1.73 bits per heavy atom. The van der Waals surface area contributed by atoms with E-state index in [9.17, 15) is 13.2 Å². The van der Waals surface area contributed by atoms with Crippen LogP contribution in [0.15, 0.2) is 54.6 Å². The minimum absolute atomic E-state index is 0.480. The summed E-state index contributed by atoms with van der Waals surface area (Å²) in [5.41, 5.74) is 5.06. The van der Waals surface area contributed by atoms with Crippen molar-refractivity contribution < 1.29 is 27.2 Å². The number of alkyl halides is 3. The van der Waals surface area contributed by atoms with Gasteiger partial charge in [-0.05, 0) is 64.7 Å². The van der Waals surface area contributed by atoms with Crippen molar-refractivity contribution >= 4 is 24.3 Å². The predicted molar refractivity (Wildman–Crippen MR) is 122 cm³/mol. The molecule has 0 saturated heterocycles. The van der Waals surface area contributed by atoms with E-state index in [1.165, 1.54) is 4.57 Å². The van der Waals surface area contributed by atoms with Gasteiger partial charge in [-0.2, -0.15) is 17.7 Å². The van der Waals surface area contributed by atoms with Crippen LogP contribution >= 0.6 is 0 Å². The smallest absolute Gasteiger partial charge is 0.448 e. The number of pyridine rings is 1. The third kappa shape index (κ3) is 4.95. The predicted octanol–water partition coefficient (Wildman–Crippen LogP) is 5.75. The quantitative estimate of drug-likeness (QED) is 0.462. The number of nitrogens with zero attached hydrogens (tertiary/aromatic N) is 1. The van der Waals surface area contributed by atoms with Crippen molar-refractivity contribution in [3.05, 3.63) is 88.2 Å². The lowest BCUT2D eigenvalue weighted by Crippen LogP contribution is -2.46. The maximum atomic E-state index is 13.4. The summed E-state index contributed by atoms with van der Waals surface area (Å²) in [6.07, 6.45) is 4.50. The highest BCUT2D eigenvalue weighted by Gasteiger charge is 2.35. The summed E-state index contributed by atoms with van der Waals surface area (Å²) in [4.78, 5) is 0. The van der Waals surface area contributed by atoms with E-state index in [1.54, 1.807) is 30.4 Å². The Morgan fingerprint density at radius 1 is 0.727 bits per heavy atom. The van der Waals surface area contributed by atoms with Gasteiger partial charge >= 0.3 is 6.18 Å². The zero-order valence-electron chi connectivity index (χ0n) is 17.9. The Kier molecular flexibility index (Phi) is 5.67. The van der Waals surface area contributed by atoms with Crippen molar-refractivity contribution in [1.29, 1.82) is 0 Å². The number of hydrogen-bond acceptors (Lipinski definition) is 2. The molecule has 3 heterocycles. The molecule has 1 aromatic heterocycles. The lowest BCUT2D eigenvalue weighted by molar-refractivity contribution is -0.722. The second-order valence-electron chi connectivity index (χ2n) is 8.17. The van der Waals surface area contributed by atoms with E-state index in [1.807, 2.05) is 48.6 Å². The number of benzene rings is 2. The molecular formula is C27H23F3NO2+. The van der Waals surface area contributed by atoms with Crippen LogP contribution < -0.4 is 14.0 Å². The first-order valence-corrected chi connectivity index (χ1v) is 10.9. The molecule has 0 saturated carbocycles.